The van der Waals surface area contributed by atoms with E-state index in [4.69, 9.17) is 4.74 Å². The zero-order valence-corrected chi connectivity index (χ0v) is 14.7. The predicted molar refractivity (Wildman–Crippen MR) is 88.9 cm³/mol. The lowest BCUT2D eigenvalue weighted by molar-refractivity contribution is -0.144. The van der Waals surface area contributed by atoms with Crippen LogP contribution in [0.2, 0.25) is 0 Å². The second-order valence-corrected chi connectivity index (χ2v) is 5.96. The number of thioether (sulfide) groups is 1. The molecule has 24 heavy (non-hydrogen) atoms. The van der Waals surface area contributed by atoms with E-state index in [-0.39, 0.29) is 22.2 Å². The van der Waals surface area contributed by atoms with E-state index < -0.39 is 23.9 Å². The summed E-state index contributed by atoms with van der Waals surface area (Å²) in [4.78, 5) is 46.3. The van der Waals surface area contributed by atoms with Crippen molar-refractivity contribution < 1.29 is 28.7 Å². The highest BCUT2D eigenvalue weighted by molar-refractivity contribution is 8.14. The van der Waals surface area contributed by atoms with Crippen LogP contribution >= 0.6 is 11.8 Å². The van der Waals surface area contributed by atoms with Crippen molar-refractivity contribution in [2.75, 3.05) is 12.9 Å². The SMILES string of the molecule is COC(=O)[C@H](CSC(=O)c1ccc(C)cc1OC(C)=O)NC(C)=O. The maximum atomic E-state index is 12.4. The van der Waals surface area contributed by atoms with Crippen LogP contribution in [0.4, 0.5) is 0 Å². The molecule has 1 amide bonds. The second-order valence-electron chi connectivity index (χ2n) is 4.97. The van der Waals surface area contributed by atoms with E-state index in [1.54, 1.807) is 25.1 Å². The van der Waals surface area contributed by atoms with Crippen LogP contribution < -0.4 is 10.1 Å². The van der Waals surface area contributed by atoms with Gasteiger partial charge in [0.25, 0.3) is 0 Å². The van der Waals surface area contributed by atoms with Crippen molar-refractivity contribution >= 4 is 34.7 Å². The Morgan fingerprint density at radius 2 is 1.88 bits per heavy atom. The van der Waals surface area contributed by atoms with E-state index >= 15 is 0 Å². The van der Waals surface area contributed by atoms with Gasteiger partial charge in [-0.05, 0) is 24.6 Å². The lowest BCUT2D eigenvalue weighted by atomic mass is 10.1. The van der Waals surface area contributed by atoms with Crippen LogP contribution in [0.25, 0.3) is 0 Å². The number of ether oxygens (including phenoxy) is 2. The van der Waals surface area contributed by atoms with E-state index in [9.17, 15) is 19.2 Å². The summed E-state index contributed by atoms with van der Waals surface area (Å²) in [7, 11) is 1.20. The van der Waals surface area contributed by atoms with Crippen LogP contribution in [0.1, 0.15) is 29.8 Å². The summed E-state index contributed by atoms with van der Waals surface area (Å²) in [5.41, 5.74) is 1.05. The molecule has 0 saturated carbocycles. The first-order chi connectivity index (χ1) is 11.2. The highest BCUT2D eigenvalue weighted by Crippen LogP contribution is 2.25. The fraction of sp³-hybridized carbons (Fsp3) is 0.375. The van der Waals surface area contributed by atoms with Gasteiger partial charge in [-0.2, -0.15) is 0 Å². The molecule has 0 aliphatic heterocycles. The normalized spacial score (nSPS) is 11.3. The van der Waals surface area contributed by atoms with Gasteiger partial charge in [0.15, 0.2) is 0 Å². The average molecular weight is 353 g/mol. The Morgan fingerprint density at radius 3 is 2.42 bits per heavy atom. The number of rotatable bonds is 6. The Hall–Kier alpha value is -2.35. The van der Waals surface area contributed by atoms with Crippen molar-refractivity contribution in [1.29, 1.82) is 0 Å². The minimum absolute atomic E-state index is 0.00151. The quantitative estimate of drug-likeness (QED) is 0.611. The number of hydrogen-bond acceptors (Lipinski definition) is 7. The molecule has 0 aliphatic carbocycles. The molecule has 0 aliphatic rings. The lowest BCUT2D eigenvalue weighted by Crippen LogP contribution is -2.42. The van der Waals surface area contributed by atoms with E-state index in [0.29, 0.717) is 0 Å². The van der Waals surface area contributed by atoms with Gasteiger partial charge in [-0.1, -0.05) is 17.8 Å². The summed E-state index contributed by atoms with van der Waals surface area (Å²) < 4.78 is 9.65. The van der Waals surface area contributed by atoms with Crippen LogP contribution in [0.3, 0.4) is 0 Å². The smallest absolute Gasteiger partial charge is 0.329 e. The van der Waals surface area contributed by atoms with Gasteiger partial charge in [0.1, 0.15) is 11.8 Å². The molecule has 0 bridgehead atoms. The molecular weight excluding hydrogens is 334 g/mol. The van der Waals surface area contributed by atoms with E-state index in [2.05, 4.69) is 10.1 Å². The predicted octanol–water partition coefficient (Wildman–Crippen LogP) is 1.47. The fourth-order valence-corrected chi connectivity index (χ4v) is 2.69. The molecule has 0 radical (unpaired) electrons. The van der Waals surface area contributed by atoms with Crippen LogP contribution in [-0.2, 0) is 19.1 Å². The molecule has 0 spiro atoms. The molecule has 0 unspecified atom stereocenters. The topological polar surface area (TPSA) is 98.8 Å². The number of benzene rings is 1. The second kappa shape index (κ2) is 9.07. The summed E-state index contributed by atoms with van der Waals surface area (Å²) in [5.74, 6) is -1.43. The minimum Gasteiger partial charge on any atom is -0.467 e. The van der Waals surface area contributed by atoms with Crippen LogP contribution in [0.15, 0.2) is 18.2 Å². The largest absolute Gasteiger partial charge is 0.467 e. The number of carbonyl (C=O) groups excluding carboxylic acids is 4. The molecule has 0 heterocycles. The van der Waals surface area contributed by atoms with Crippen LogP contribution in [0.5, 0.6) is 5.75 Å². The highest BCUT2D eigenvalue weighted by Gasteiger charge is 2.23. The van der Waals surface area contributed by atoms with Crippen molar-refractivity contribution in [3.05, 3.63) is 29.3 Å². The molecule has 0 fully saturated rings. The number of aryl methyl sites for hydroxylation is 1. The molecule has 1 rings (SSSR count). The number of hydrogen-bond donors (Lipinski definition) is 1. The zero-order valence-electron chi connectivity index (χ0n) is 13.9. The molecule has 1 atom stereocenters. The van der Waals surface area contributed by atoms with Crippen molar-refractivity contribution in [3.63, 3.8) is 0 Å². The van der Waals surface area contributed by atoms with Crippen molar-refractivity contribution in [1.82, 2.24) is 5.32 Å². The molecule has 1 N–H and O–H groups in total. The fourth-order valence-electron chi connectivity index (χ4n) is 1.83. The van der Waals surface area contributed by atoms with Gasteiger partial charge in [0.05, 0.1) is 12.7 Å². The number of carbonyl (C=O) groups is 4. The maximum Gasteiger partial charge on any atom is 0.329 e. The van der Waals surface area contributed by atoms with Gasteiger partial charge in [0.2, 0.25) is 11.0 Å². The van der Waals surface area contributed by atoms with Gasteiger partial charge < -0.3 is 14.8 Å². The first-order valence-electron chi connectivity index (χ1n) is 7.05. The molecule has 0 aromatic heterocycles. The van der Waals surface area contributed by atoms with Gasteiger partial charge in [-0.3, -0.25) is 14.4 Å². The number of amides is 1. The summed E-state index contributed by atoms with van der Waals surface area (Å²) in [6, 6.07) is 3.91. The third-order valence-electron chi connectivity index (χ3n) is 2.86. The third kappa shape index (κ3) is 6.04. The lowest BCUT2D eigenvalue weighted by Gasteiger charge is -2.15. The minimum atomic E-state index is -0.941. The van der Waals surface area contributed by atoms with Crippen LogP contribution in [0, 0.1) is 6.92 Å². The Morgan fingerprint density at radius 1 is 1.21 bits per heavy atom. The summed E-state index contributed by atoms with van der Waals surface area (Å²) in [6.07, 6.45) is 0. The van der Waals surface area contributed by atoms with Crippen molar-refractivity contribution in [2.45, 2.75) is 26.8 Å². The standard InChI is InChI=1S/C16H19NO6S/c1-9-5-6-12(14(7-9)23-11(3)19)16(21)24-8-13(15(20)22-4)17-10(2)18/h5-7,13H,8H2,1-4H3,(H,17,18)/t13-/m0/s1. The average Bonchev–Trinajstić information content (AvgIpc) is 2.49. The Kier molecular flexibility index (Phi) is 7.44. The van der Waals surface area contributed by atoms with Crippen LogP contribution in [-0.4, -0.2) is 41.9 Å². The highest BCUT2D eigenvalue weighted by atomic mass is 32.2. The summed E-state index contributed by atoms with van der Waals surface area (Å²) in [6.45, 7) is 4.31. The zero-order chi connectivity index (χ0) is 18.3. The molecule has 8 heteroatoms. The number of nitrogens with one attached hydrogen (secondary N) is 1. The molecular formula is C16H19NO6S. The third-order valence-corrected chi connectivity index (χ3v) is 3.84. The Balaban J connectivity index is 2.88. The van der Waals surface area contributed by atoms with Gasteiger partial charge in [-0.25, -0.2) is 4.79 Å². The van der Waals surface area contributed by atoms with Gasteiger partial charge in [0, 0.05) is 19.6 Å². The van der Waals surface area contributed by atoms with Gasteiger partial charge >= 0.3 is 11.9 Å². The molecule has 1 aromatic carbocycles. The first-order valence-corrected chi connectivity index (χ1v) is 8.04. The molecule has 1 aromatic rings. The number of methoxy groups -OCH3 is 1. The summed E-state index contributed by atoms with van der Waals surface area (Å²) in [5, 5.41) is 2.04. The molecule has 7 nitrogen and oxygen atoms in total. The summed E-state index contributed by atoms with van der Waals surface area (Å²) >= 11 is 0.825. The van der Waals surface area contributed by atoms with E-state index in [1.165, 1.54) is 21.0 Å². The maximum absolute atomic E-state index is 12.4. The molecule has 130 valence electrons. The van der Waals surface area contributed by atoms with E-state index in [1.807, 2.05) is 0 Å². The molecule has 0 saturated heterocycles. The number of esters is 2. The monoisotopic (exact) mass is 353 g/mol. The van der Waals surface area contributed by atoms with E-state index in [0.717, 1.165) is 17.3 Å². The Labute approximate surface area is 144 Å². The van der Waals surface area contributed by atoms with Gasteiger partial charge in [-0.15, -0.1) is 0 Å². The van der Waals surface area contributed by atoms with Crippen molar-refractivity contribution in [3.8, 4) is 5.75 Å². The first kappa shape index (κ1) is 19.7. The Bertz CT molecular complexity index is 658. The van der Waals surface area contributed by atoms with Crippen molar-refractivity contribution in [2.24, 2.45) is 0 Å².